The molecule has 1 saturated heterocycles. The van der Waals surface area contributed by atoms with Crippen LogP contribution in [0.15, 0.2) is 30.5 Å². The topological polar surface area (TPSA) is 51.4 Å². The van der Waals surface area contributed by atoms with Crippen molar-refractivity contribution >= 4 is 39.8 Å². The summed E-state index contributed by atoms with van der Waals surface area (Å²) in [5.74, 6) is 1.78. The lowest BCUT2D eigenvalue weighted by atomic mass is 9.99. The van der Waals surface area contributed by atoms with E-state index in [4.69, 9.17) is 44.0 Å². The molecule has 7 nitrogen and oxygen atoms in total. The van der Waals surface area contributed by atoms with Gasteiger partial charge in [-0.1, -0.05) is 23.2 Å². The summed E-state index contributed by atoms with van der Waals surface area (Å²) in [6.45, 7) is 13.7. The van der Waals surface area contributed by atoms with Crippen molar-refractivity contribution in [2.45, 2.75) is 12.8 Å². The van der Waals surface area contributed by atoms with Gasteiger partial charge in [0.1, 0.15) is 5.75 Å². The average Bonchev–Trinajstić information content (AvgIpc) is 2.88. The molecule has 0 radical (unpaired) electrons. The van der Waals surface area contributed by atoms with E-state index in [1.54, 1.807) is 32.5 Å². The second-order valence-corrected chi connectivity index (χ2v) is 9.67. The summed E-state index contributed by atoms with van der Waals surface area (Å²) in [5.41, 5.74) is 2.79. The number of ether oxygens (including phenoxy) is 3. The van der Waals surface area contributed by atoms with Crippen molar-refractivity contribution in [2.24, 2.45) is 0 Å². The molecule has 2 heterocycles. The molecule has 0 bridgehead atoms. The lowest BCUT2D eigenvalue weighted by molar-refractivity contribution is 0.145. The van der Waals surface area contributed by atoms with Gasteiger partial charge in [0.2, 0.25) is 5.69 Å². The molecule has 0 saturated carbocycles. The van der Waals surface area contributed by atoms with E-state index >= 15 is 0 Å². The van der Waals surface area contributed by atoms with Gasteiger partial charge in [0.25, 0.3) is 0 Å². The first-order chi connectivity index (χ1) is 17.4. The summed E-state index contributed by atoms with van der Waals surface area (Å²) < 4.78 is 17.1. The van der Waals surface area contributed by atoms with Crippen molar-refractivity contribution in [3.05, 3.63) is 63.1 Å². The minimum absolute atomic E-state index is 0.414. The van der Waals surface area contributed by atoms with Gasteiger partial charge in [-0.25, -0.2) is 4.85 Å². The van der Waals surface area contributed by atoms with Crippen LogP contribution in [-0.2, 0) is 6.42 Å². The van der Waals surface area contributed by atoms with Crippen LogP contribution in [0.2, 0.25) is 10.0 Å². The van der Waals surface area contributed by atoms with Gasteiger partial charge in [-0.2, -0.15) is 0 Å². The molecule has 0 aliphatic carbocycles. The molecule has 1 aliphatic heterocycles. The van der Waals surface area contributed by atoms with Crippen LogP contribution in [0.5, 0.6) is 17.2 Å². The number of nitrogens with zero attached hydrogens (tertiary/aromatic N) is 4. The fourth-order valence-corrected chi connectivity index (χ4v) is 4.92. The van der Waals surface area contributed by atoms with E-state index in [-0.39, 0.29) is 0 Å². The van der Waals surface area contributed by atoms with E-state index in [0.29, 0.717) is 46.0 Å². The number of piperazine rings is 1. The zero-order valence-corrected chi connectivity index (χ0v) is 22.3. The molecule has 0 spiro atoms. The third kappa shape index (κ3) is 5.96. The first kappa shape index (κ1) is 26.3. The average molecular weight is 529 g/mol. The summed E-state index contributed by atoms with van der Waals surface area (Å²) in [6, 6.07) is 7.24. The molecule has 0 unspecified atom stereocenters. The summed E-state index contributed by atoms with van der Waals surface area (Å²) in [4.78, 5) is 13.1. The molecule has 1 aromatic heterocycles. The van der Waals surface area contributed by atoms with E-state index in [1.807, 2.05) is 12.1 Å². The Bertz CT molecular complexity index is 1270. The van der Waals surface area contributed by atoms with Gasteiger partial charge in [0.05, 0.1) is 37.9 Å². The second-order valence-electron chi connectivity index (χ2n) is 8.86. The summed E-state index contributed by atoms with van der Waals surface area (Å²) in [7, 11) is 5.34. The summed E-state index contributed by atoms with van der Waals surface area (Å²) in [5, 5.41) is 1.76. The number of aromatic nitrogens is 1. The third-order valence-corrected chi connectivity index (χ3v) is 7.17. The van der Waals surface area contributed by atoms with E-state index in [9.17, 15) is 0 Å². The Morgan fingerprint density at radius 2 is 1.72 bits per heavy atom. The normalized spacial score (nSPS) is 14.6. The van der Waals surface area contributed by atoms with Crippen LogP contribution >= 0.6 is 23.2 Å². The minimum Gasteiger partial charge on any atom is -0.495 e. The Hall–Kier alpha value is -2.76. The molecule has 1 fully saturated rings. The number of hydrogen-bond donors (Lipinski definition) is 0. The molecular weight excluding hydrogens is 499 g/mol. The van der Waals surface area contributed by atoms with E-state index in [0.717, 1.165) is 61.2 Å². The quantitative estimate of drug-likeness (QED) is 0.261. The number of hydrogen-bond acceptors (Lipinski definition) is 6. The fraction of sp³-hybridized carbons (Fsp3) is 0.407. The van der Waals surface area contributed by atoms with Crippen molar-refractivity contribution in [3.63, 3.8) is 0 Å². The summed E-state index contributed by atoms with van der Waals surface area (Å²) >= 11 is 12.7. The third-order valence-electron chi connectivity index (χ3n) is 6.52. The molecule has 1 aliphatic rings. The van der Waals surface area contributed by atoms with Crippen molar-refractivity contribution in [1.82, 2.24) is 14.8 Å². The number of benzene rings is 2. The molecule has 0 amide bonds. The Balaban J connectivity index is 1.57. The van der Waals surface area contributed by atoms with Crippen molar-refractivity contribution in [1.29, 1.82) is 0 Å². The monoisotopic (exact) mass is 528 g/mol. The van der Waals surface area contributed by atoms with Gasteiger partial charge < -0.3 is 24.0 Å². The Morgan fingerprint density at radius 3 is 2.42 bits per heavy atom. The van der Waals surface area contributed by atoms with Gasteiger partial charge in [-0.15, -0.1) is 0 Å². The predicted molar refractivity (Wildman–Crippen MR) is 144 cm³/mol. The molecule has 4 rings (SSSR count). The Morgan fingerprint density at radius 1 is 0.972 bits per heavy atom. The highest BCUT2D eigenvalue weighted by Gasteiger charge is 2.18. The van der Waals surface area contributed by atoms with Gasteiger partial charge in [-0.05, 0) is 54.6 Å². The highest BCUT2D eigenvalue weighted by molar-refractivity contribution is 6.36. The van der Waals surface area contributed by atoms with Crippen molar-refractivity contribution in [3.8, 4) is 17.2 Å². The largest absolute Gasteiger partial charge is 0.495 e. The molecule has 190 valence electrons. The van der Waals surface area contributed by atoms with Crippen molar-refractivity contribution < 1.29 is 14.2 Å². The molecule has 3 aromatic rings. The van der Waals surface area contributed by atoms with Crippen LogP contribution < -0.4 is 14.2 Å². The molecule has 2 aromatic carbocycles. The first-order valence-electron chi connectivity index (χ1n) is 11.9. The zero-order valence-electron chi connectivity index (χ0n) is 20.8. The van der Waals surface area contributed by atoms with Crippen LogP contribution in [0.1, 0.15) is 17.5 Å². The standard InChI is InChI=1S/C27H30Cl2N4O3/c1-30-24-17-31-23-16-27(36-11-5-6-33-9-7-32(2)8-10-33)26(35-4)14-20(23)19(24)12-18-13-25(34-3)22(29)15-21(18)28/h13-17H,5-12H2,2-4H3. The molecule has 0 N–H and O–H groups in total. The maximum atomic E-state index is 7.68. The van der Waals surface area contributed by atoms with E-state index < -0.39 is 0 Å². The molecule has 0 atom stereocenters. The SMILES string of the molecule is [C-]#[N+]c1cnc2cc(OCCCN3CCN(C)CC3)c(OC)cc2c1Cc1cc(OC)c(Cl)cc1Cl. The lowest BCUT2D eigenvalue weighted by Crippen LogP contribution is -2.44. The molecular formula is C27H30Cl2N4O3. The van der Waals surface area contributed by atoms with Gasteiger partial charge in [0.15, 0.2) is 11.5 Å². The Labute approximate surface area is 222 Å². The predicted octanol–water partition coefficient (Wildman–Crippen LogP) is 5.72. The van der Waals surface area contributed by atoms with Gasteiger partial charge in [0, 0.05) is 50.0 Å². The maximum Gasteiger partial charge on any atom is 0.209 e. The molecule has 9 heteroatoms. The Kier molecular flexibility index (Phi) is 8.76. The number of halogens is 2. The van der Waals surface area contributed by atoms with E-state index in [1.165, 1.54) is 0 Å². The first-order valence-corrected chi connectivity index (χ1v) is 12.6. The van der Waals surface area contributed by atoms with Crippen LogP contribution in [0.3, 0.4) is 0 Å². The summed E-state index contributed by atoms with van der Waals surface area (Å²) in [6.07, 6.45) is 2.93. The van der Waals surface area contributed by atoms with Crippen LogP contribution in [-0.4, -0.2) is 75.4 Å². The number of rotatable bonds is 9. The van der Waals surface area contributed by atoms with Crippen molar-refractivity contribution in [2.75, 3.05) is 60.6 Å². The van der Waals surface area contributed by atoms with Crippen LogP contribution in [0, 0.1) is 6.57 Å². The van der Waals surface area contributed by atoms with Crippen LogP contribution in [0.4, 0.5) is 5.69 Å². The van der Waals surface area contributed by atoms with Gasteiger partial charge in [-0.3, -0.25) is 4.98 Å². The zero-order chi connectivity index (χ0) is 25.7. The highest BCUT2D eigenvalue weighted by atomic mass is 35.5. The number of likely N-dealkylation sites (N-methyl/N-ethyl adjacent to an activating group) is 1. The smallest absolute Gasteiger partial charge is 0.209 e. The lowest BCUT2D eigenvalue weighted by Gasteiger charge is -2.32. The maximum absolute atomic E-state index is 7.68. The highest BCUT2D eigenvalue weighted by Crippen LogP contribution is 2.39. The van der Waals surface area contributed by atoms with Crippen LogP contribution in [0.25, 0.3) is 15.7 Å². The molecule has 36 heavy (non-hydrogen) atoms. The fourth-order valence-electron chi connectivity index (χ4n) is 4.39. The number of fused-ring (bicyclic) bond motifs is 1. The van der Waals surface area contributed by atoms with Gasteiger partial charge >= 0.3 is 0 Å². The number of pyridine rings is 1. The minimum atomic E-state index is 0.414. The number of methoxy groups -OCH3 is 2. The second kappa shape index (κ2) is 12.0. The van der Waals surface area contributed by atoms with E-state index in [2.05, 4.69) is 26.7 Å².